The first-order valence-corrected chi connectivity index (χ1v) is 9.25. The van der Waals surface area contributed by atoms with Gasteiger partial charge in [-0.2, -0.15) is 0 Å². The van der Waals surface area contributed by atoms with Crippen LogP contribution in [0.4, 0.5) is 5.69 Å². The van der Waals surface area contributed by atoms with Crippen LogP contribution < -0.4 is 10.1 Å². The van der Waals surface area contributed by atoms with Crippen molar-refractivity contribution < 1.29 is 9.53 Å². The third kappa shape index (κ3) is 4.86. The van der Waals surface area contributed by atoms with Crippen LogP contribution in [0.25, 0.3) is 0 Å². The Hall–Kier alpha value is -2.85. The predicted octanol–water partition coefficient (Wildman–Crippen LogP) is 6.04. The number of aryl methyl sites for hydroxylation is 2. The highest BCUT2D eigenvalue weighted by Gasteiger charge is 2.11. The first-order valence-electron chi connectivity index (χ1n) is 8.87. The van der Waals surface area contributed by atoms with Crippen LogP contribution in [0.15, 0.2) is 60.7 Å². The number of carbonyl (C=O) groups is 1. The normalized spacial score (nSPS) is 10.5. The van der Waals surface area contributed by atoms with Crippen molar-refractivity contribution in [3.05, 3.63) is 82.6 Å². The summed E-state index contributed by atoms with van der Waals surface area (Å²) in [6.45, 7) is 3.96. The van der Waals surface area contributed by atoms with Crippen LogP contribution in [-0.4, -0.2) is 10.9 Å². The number of benzene rings is 2. The molecule has 1 N–H and O–H groups in total. The molecule has 3 aromatic rings. The van der Waals surface area contributed by atoms with Crippen LogP contribution in [0.2, 0.25) is 5.02 Å². The van der Waals surface area contributed by atoms with Crippen LogP contribution in [0.1, 0.15) is 35.1 Å². The third-order valence-corrected chi connectivity index (χ3v) is 4.38. The number of nitrogens with zero attached hydrogens (tertiary/aromatic N) is 1. The average Bonchev–Trinajstić information content (AvgIpc) is 2.65. The summed E-state index contributed by atoms with van der Waals surface area (Å²) in [6, 6.07) is 18.2. The molecule has 0 aliphatic rings. The van der Waals surface area contributed by atoms with E-state index in [9.17, 15) is 4.79 Å². The van der Waals surface area contributed by atoms with Crippen molar-refractivity contribution in [3.8, 4) is 11.5 Å². The van der Waals surface area contributed by atoms with Crippen molar-refractivity contribution in [1.29, 1.82) is 0 Å². The molecule has 0 aliphatic carbocycles. The number of para-hydroxylation sites is 1. The van der Waals surface area contributed by atoms with E-state index in [-0.39, 0.29) is 5.91 Å². The van der Waals surface area contributed by atoms with Gasteiger partial charge in [-0.15, -0.1) is 0 Å². The highest BCUT2D eigenvalue weighted by Crippen LogP contribution is 2.29. The molecule has 0 saturated carbocycles. The van der Waals surface area contributed by atoms with Crippen molar-refractivity contribution >= 4 is 23.2 Å². The molecule has 0 spiro atoms. The lowest BCUT2D eigenvalue weighted by Crippen LogP contribution is -2.14. The molecule has 0 bridgehead atoms. The second kappa shape index (κ2) is 8.69. The number of ether oxygens (including phenoxy) is 1. The molecule has 27 heavy (non-hydrogen) atoms. The van der Waals surface area contributed by atoms with Crippen molar-refractivity contribution in [3.63, 3.8) is 0 Å². The van der Waals surface area contributed by atoms with Gasteiger partial charge in [0.05, 0.1) is 16.3 Å². The van der Waals surface area contributed by atoms with Gasteiger partial charge in [0.15, 0.2) is 0 Å². The minimum Gasteiger partial charge on any atom is -0.456 e. The molecule has 0 saturated heterocycles. The number of halogens is 1. The van der Waals surface area contributed by atoms with E-state index in [0.29, 0.717) is 27.8 Å². The summed E-state index contributed by atoms with van der Waals surface area (Å²) < 4.78 is 5.75. The monoisotopic (exact) mass is 380 g/mol. The van der Waals surface area contributed by atoms with E-state index in [4.69, 9.17) is 16.3 Å². The maximum Gasteiger partial charge on any atom is 0.257 e. The van der Waals surface area contributed by atoms with Gasteiger partial charge in [-0.1, -0.05) is 37.1 Å². The molecule has 3 rings (SSSR count). The van der Waals surface area contributed by atoms with Gasteiger partial charge in [0.2, 0.25) is 0 Å². The summed E-state index contributed by atoms with van der Waals surface area (Å²) in [7, 11) is 0. The number of anilines is 1. The lowest BCUT2D eigenvalue weighted by Gasteiger charge is -2.10. The first kappa shape index (κ1) is 18.9. The number of hydrogen-bond acceptors (Lipinski definition) is 3. The van der Waals surface area contributed by atoms with Gasteiger partial charge in [0.25, 0.3) is 5.91 Å². The maximum absolute atomic E-state index is 12.5. The fraction of sp³-hybridized carbons (Fsp3) is 0.182. The Kier molecular flexibility index (Phi) is 6.09. The van der Waals surface area contributed by atoms with Crippen LogP contribution in [0.5, 0.6) is 11.5 Å². The molecular formula is C22H21ClN2O2. The molecule has 138 valence electrons. The number of carbonyl (C=O) groups excluding carboxylic acids is 1. The number of hydrogen-bond donors (Lipinski definition) is 1. The highest BCUT2D eigenvalue weighted by atomic mass is 35.5. The second-order valence-corrected chi connectivity index (χ2v) is 6.60. The lowest BCUT2D eigenvalue weighted by molar-refractivity contribution is 0.102. The minimum absolute atomic E-state index is 0.178. The Morgan fingerprint density at radius 2 is 1.81 bits per heavy atom. The van der Waals surface area contributed by atoms with Gasteiger partial charge in [-0.05, 0) is 61.9 Å². The van der Waals surface area contributed by atoms with Gasteiger partial charge in [-0.3, -0.25) is 9.78 Å². The summed E-state index contributed by atoms with van der Waals surface area (Å²) >= 11 is 6.10. The van der Waals surface area contributed by atoms with E-state index >= 15 is 0 Å². The van der Waals surface area contributed by atoms with Crippen LogP contribution in [0.3, 0.4) is 0 Å². The molecule has 4 nitrogen and oxygen atoms in total. The number of nitrogens with one attached hydrogen (secondary N) is 1. The molecule has 0 unspecified atom stereocenters. The zero-order valence-electron chi connectivity index (χ0n) is 15.3. The molecule has 0 radical (unpaired) electrons. The maximum atomic E-state index is 12.5. The smallest absolute Gasteiger partial charge is 0.257 e. The third-order valence-electron chi connectivity index (χ3n) is 4.07. The van der Waals surface area contributed by atoms with Crippen molar-refractivity contribution in [2.45, 2.75) is 26.7 Å². The molecule has 0 fully saturated rings. The molecule has 1 aromatic heterocycles. The summed E-state index contributed by atoms with van der Waals surface area (Å²) in [4.78, 5) is 17.0. The van der Waals surface area contributed by atoms with Crippen molar-refractivity contribution in [2.75, 3.05) is 5.32 Å². The van der Waals surface area contributed by atoms with Crippen molar-refractivity contribution in [1.82, 2.24) is 4.98 Å². The SMILES string of the molecule is CCCc1ccc(C(=O)Nc2ccc(Oc3ccccc3Cl)cc2)c(C)n1. The highest BCUT2D eigenvalue weighted by molar-refractivity contribution is 6.32. The lowest BCUT2D eigenvalue weighted by atomic mass is 10.1. The Labute approximate surface area is 164 Å². The molecular weight excluding hydrogens is 360 g/mol. The van der Waals surface area contributed by atoms with E-state index in [0.717, 1.165) is 24.2 Å². The molecule has 2 aromatic carbocycles. The quantitative estimate of drug-likeness (QED) is 0.567. The molecule has 5 heteroatoms. The average molecular weight is 381 g/mol. The van der Waals surface area contributed by atoms with E-state index in [1.54, 1.807) is 36.4 Å². The van der Waals surface area contributed by atoms with Gasteiger partial charge >= 0.3 is 0 Å². The van der Waals surface area contributed by atoms with E-state index in [1.165, 1.54) is 0 Å². The number of amides is 1. The fourth-order valence-corrected chi connectivity index (χ4v) is 2.88. The summed E-state index contributed by atoms with van der Waals surface area (Å²) in [5, 5.41) is 3.44. The van der Waals surface area contributed by atoms with Crippen LogP contribution in [0, 0.1) is 6.92 Å². The molecule has 1 amide bonds. The zero-order valence-corrected chi connectivity index (χ0v) is 16.1. The number of rotatable bonds is 6. The predicted molar refractivity (Wildman–Crippen MR) is 109 cm³/mol. The molecule has 0 atom stereocenters. The van der Waals surface area contributed by atoms with E-state index in [2.05, 4.69) is 17.2 Å². The van der Waals surface area contributed by atoms with Gasteiger partial charge in [0, 0.05) is 11.4 Å². The Bertz CT molecular complexity index is 939. The molecule has 0 aliphatic heterocycles. The summed E-state index contributed by atoms with van der Waals surface area (Å²) in [6.07, 6.45) is 1.94. The standard InChI is InChI=1S/C22H21ClN2O2/c1-3-6-16-11-14-19(15(2)24-16)22(26)25-17-9-12-18(13-10-17)27-21-8-5-4-7-20(21)23/h4-5,7-14H,3,6H2,1-2H3,(H,25,26). The largest absolute Gasteiger partial charge is 0.456 e. The van der Waals surface area contributed by atoms with Gasteiger partial charge < -0.3 is 10.1 Å². The van der Waals surface area contributed by atoms with Crippen LogP contribution in [-0.2, 0) is 6.42 Å². The topological polar surface area (TPSA) is 51.2 Å². The van der Waals surface area contributed by atoms with Gasteiger partial charge in [-0.25, -0.2) is 0 Å². The Morgan fingerprint density at radius 1 is 1.07 bits per heavy atom. The first-order chi connectivity index (χ1) is 13.1. The zero-order chi connectivity index (χ0) is 19.2. The Balaban J connectivity index is 1.67. The second-order valence-electron chi connectivity index (χ2n) is 6.20. The van der Waals surface area contributed by atoms with E-state index in [1.807, 2.05) is 31.2 Å². The summed E-state index contributed by atoms with van der Waals surface area (Å²) in [5.74, 6) is 1.05. The van der Waals surface area contributed by atoms with Crippen molar-refractivity contribution in [2.24, 2.45) is 0 Å². The van der Waals surface area contributed by atoms with Gasteiger partial charge in [0.1, 0.15) is 11.5 Å². The number of aromatic nitrogens is 1. The Morgan fingerprint density at radius 3 is 2.48 bits per heavy atom. The van der Waals surface area contributed by atoms with Crippen LogP contribution >= 0.6 is 11.6 Å². The minimum atomic E-state index is -0.178. The van der Waals surface area contributed by atoms with E-state index < -0.39 is 0 Å². The fourth-order valence-electron chi connectivity index (χ4n) is 2.71. The summed E-state index contributed by atoms with van der Waals surface area (Å²) in [5.41, 5.74) is 3.00. The molecule has 1 heterocycles. The number of pyridine rings is 1.